The molecule has 0 rings (SSSR count). The van der Waals surface area contributed by atoms with Gasteiger partial charge in [0, 0.05) is 13.2 Å². The van der Waals surface area contributed by atoms with Crippen molar-refractivity contribution < 1.29 is 76.1 Å². The number of nitrogens with zero attached hydrogens (tertiary/aromatic N) is 4. The maximum atomic E-state index is 6.54. The van der Waals surface area contributed by atoms with Crippen LogP contribution in [0.15, 0.2) is 0 Å². The van der Waals surface area contributed by atoms with Gasteiger partial charge in [-0.25, -0.2) is 0 Å². The summed E-state index contributed by atoms with van der Waals surface area (Å²) in [5.74, 6) is 0. The first-order valence-electron chi connectivity index (χ1n) is 38.6. The largest absolute Gasteiger partial charge is 4.00 e. The normalized spacial score (nSPS) is 11.5. The summed E-state index contributed by atoms with van der Waals surface area (Å²) in [5.41, 5.74) is 0. The van der Waals surface area contributed by atoms with E-state index >= 15 is 0 Å². The molecule has 86 heavy (non-hydrogen) atoms. The maximum Gasteiger partial charge on any atom is 4.00 e. The van der Waals surface area contributed by atoms with Gasteiger partial charge in [-0.1, -0.05) is 338 Å². The molecule has 0 amide bonds. The van der Waals surface area contributed by atoms with Crippen molar-refractivity contribution in [3.63, 3.8) is 0 Å². The SMILES string of the molecule is CCCCCCCCN(CCCCCCCC)C(CCCCCOCCCCCC(N(CCCCCCCC)CCCCCCCC)N(CCCCCCCC)CCCCCCCC)N(CCCCCCCC)CCCCCCCC.[Cl-].[Cl-].[Cl-].[Cl-].[Ti+4]. The standard InChI is InChI=1S/C76H158N4O.4ClH.Ti/c1-9-17-25-33-41-53-65-77(66-54-42-34-26-18-10-2)75(78(67-55-43-35-27-19-11-3)68-56-44-36-28-20-12-4)63-51-49-61-73-81-74-62-50-52-64-76(79(69-57-45-37-29-21-13-5)70-58-46-38-30-22-14-6)80(71-59-47-39-31-23-15-7)72-60-48-40-32-24-16-8;;;;;/h75-76H,9-74H2,1-8H3;4*1H;/q;;;;;+4/p-4. The van der Waals surface area contributed by atoms with Crippen molar-refractivity contribution in [2.75, 3.05) is 65.6 Å². The zero-order valence-corrected chi connectivity index (χ0v) is 64.6. The van der Waals surface area contributed by atoms with Crippen LogP contribution in [0.2, 0.25) is 0 Å². The topological polar surface area (TPSA) is 22.2 Å². The minimum atomic E-state index is 0. The molecular formula is C76H158Cl4N4OTi. The number of rotatable bonds is 72. The van der Waals surface area contributed by atoms with Crippen molar-refractivity contribution in [2.24, 2.45) is 0 Å². The summed E-state index contributed by atoms with van der Waals surface area (Å²) in [6.07, 6.45) is 79.1. The van der Waals surface area contributed by atoms with E-state index in [1.54, 1.807) is 0 Å². The number of hydrogen-bond acceptors (Lipinski definition) is 5. The Morgan fingerprint density at radius 2 is 0.326 bits per heavy atom. The van der Waals surface area contributed by atoms with Crippen molar-refractivity contribution in [1.29, 1.82) is 0 Å². The minimum absolute atomic E-state index is 0. The van der Waals surface area contributed by atoms with Gasteiger partial charge in [0.2, 0.25) is 0 Å². The van der Waals surface area contributed by atoms with E-state index in [0.717, 1.165) is 13.2 Å². The summed E-state index contributed by atoms with van der Waals surface area (Å²) in [4.78, 5) is 12.2. The van der Waals surface area contributed by atoms with Gasteiger partial charge in [-0.05, 0) is 129 Å². The molecule has 0 aromatic rings. The molecule has 0 bridgehead atoms. The van der Waals surface area contributed by atoms with E-state index in [-0.39, 0.29) is 71.3 Å². The summed E-state index contributed by atoms with van der Waals surface area (Å²) in [5, 5.41) is 0. The molecular weight excluding hydrogens is 1170 g/mol. The molecule has 520 valence electrons. The fourth-order valence-corrected chi connectivity index (χ4v) is 13.1. The molecule has 0 fully saturated rings. The van der Waals surface area contributed by atoms with Crippen molar-refractivity contribution in [3.8, 4) is 0 Å². The van der Waals surface area contributed by atoms with Crippen molar-refractivity contribution >= 4 is 0 Å². The summed E-state index contributed by atoms with van der Waals surface area (Å²) >= 11 is 0. The molecule has 5 nitrogen and oxygen atoms in total. The third kappa shape index (κ3) is 67.1. The average molecular weight is 1330 g/mol. The van der Waals surface area contributed by atoms with Gasteiger partial charge in [0.15, 0.2) is 0 Å². The predicted molar refractivity (Wildman–Crippen MR) is 369 cm³/mol. The number of halogens is 4. The number of unbranched alkanes of at least 4 members (excludes halogenated alkanes) is 44. The first-order chi connectivity index (χ1) is 40.1. The van der Waals surface area contributed by atoms with Gasteiger partial charge >= 0.3 is 21.7 Å². The van der Waals surface area contributed by atoms with Crippen LogP contribution in [-0.4, -0.2) is 97.5 Å². The van der Waals surface area contributed by atoms with Gasteiger partial charge in [0.05, 0.1) is 12.3 Å². The molecule has 0 atom stereocenters. The van der Waals surface area contributed by atoms with Crippen LogP contribution in [-0.2, 0) is 26.5 Å². The first kappa shape index (κ1) is 98.7. The third-order valence-corrected chi connectivity index (χ3v) is 18.6. The smallest absolute Gasteiger partial charge is 1.00 e. The van der Waals surface area contributed by atoms with E-state index in [0.29, 0.717) is 12.3 Å². The van der Waals surface area contributed by atoms with Crippen LogP contribution in [0.3, 0.4) is 0 Å². The molecule has 0 radical (unpaired) electrons. The Bertz CT molecular complexity index is 931. The fraction of sp³-hybridized carbons (Fsp3) is 1.00. The van der Waals surface area contributed by atoms with Gasteiger partial charge in [0.25, 0.3) is 0 Å². The van der Waals surface area contributed by atoms with Gasteiger partial charge < -0.3 is 54.4 Å². The number of hydrogen-bond donors (Lipinski definition) is 0. The zero-order chi connectivity index (χ0) is 58.8. The summed E-state index contributed by atoms with van der Waals surface area (Å²) in [6.45, 7) is 31.3. The van der Waals surface area contributed by atoms with Crippen molar-refractivity contribution in [3.05, 3.63) is 0 Å². The van der Waals surface area contributed by atoms with Crippen LogP contribution in [0.1, 0.15) is 415 Å². The third-order valence-electron chi connectivity index (χ3n) is 18.6. The molecule has 0 saturated heterocycles. The molecule has 0 aromatic carbocycles. The van der Waals surface area contributed by atoms with E-state index < -0.39 is 0 Å². The van der Waals surface area contributed by atoms with E-state index in [2.05, 4.69) is 75.0 Å². The van der Waals surface area contributed by atoms with E-state index in [1.165, 1.54) is 412 Å². The summed E-state index contributed by atoms with van der Waals surface area (Å²) < 4.78 is 6.54. The quantitative estimate of drug-likeness (QED) is 0.0343. The van der Waals surface area contributed by atoms with Crippen LogP contribution < -0.4 is 49.6 Å². The van der Waals surface area contributed by atoms with E-state index in [1.807, 2.05) is 0 Å². The molecule has 10 heteroatoms. The summed E-state index contributed by atoms with van der Waals surface area (Å²) in [6, 6.07) is 0. The van der Waals surface area contributed by atoms with Gasteiger partial charge in [-0.3, -0.25) is 19.6 Å². The first-order valence-corrected chi connectivity index (χ1v) is 38.6. The molecule has 0 aliphatic carbocycles. The molecule has 0 aliphatic heterocycles. The maximum absolute atomic E-state index is 6.54. The van der Waals surface area contributed by atoms with Crippen LogP contribution >= 0.6 is 0 Å². The summed E-state index contributed by atoms with van der Waals surface area (Å²) in [7, 11) is 0. The molecule has 0 saturated carbocycles. The number of ether oxygens (including phenoxy) is 1. The van der Waals surface area contributed by atoms with Crippen LogP contribution in [0.4, 0.5) is 0 Å². The Labute approximate surface area is 584 Å². The second-order valence-corrected chi connectivity index (χ2v) is 26.6. The average Bonchev–Trinajstić information content (AvgIpc) is 3.62. The van der Waals surface area contributed by atoms with Crippen LogP contribution in [0.25, 0.3) is 0 Å². The second kappa shape index (κ2) is 84.7. The van der Waals surface area contributed by atoms with Crippen LogP contribution in [0, 0.1) is 0 Å². The zero-order valence-electron chi connectivity index (χ0n) is 60.0. The molecule has 0 aromatic heterocycles. The Morgan fingerprint density at radius 1 is 0.186 bits per heavy atom. The van der Waals surface area contributed by atoms with Crippen LogP contribution in [0.5, 0.6) is 0 Å². The van der Waals surface area contributed by atoms with Crippen molar-refractivity contribution in [1.82, 2.24) is 19.6 Å². The molecule has 0 aliphatic rings. The molecule has 0 heterocycles. The van der Waals surface area contributed by atoms with E-state index in [4.69, 9.17) is 4.74 Å². The Balaban J connectivity index is -0.00000320. The Hall–Kier alpha value is 1.67. The van der Waals surface area contributed by atoms with Gasteiger partial charge in [-0.15, -0.1) is 0 Å². The minimum Gasteiger partial charge on any atom is -1.00 e. The van der Waals surface area contributed by atoms with Gasteiger partial charge in [-0.2, -0.15) is 0 Å². The predicted octanol–water partition coefficient (Wildman–Crippen LogP) is 12.9. The second-order valence-electron chi connectivity index (χ2n) is 26.6. The van der Waals surface area contributed by atoms with E-state index in [9.17, 15) is 0 Å². The molecule has 0 N–H and O–H groups in total. The fourth-order valence-electron chi connectivity index (χ4n) is 13.1. The molecule has 0 spiro atoms. The Kier molecular flexibility index (Phi) is 97.2. The monoisotopic (exact) mass is 1330 g/mol. The van der Waals surface area contributed by atoms with Crippen molar-refractivity contribution in [2.45, 2.75) is 427 Å². The molecule has 0 unspecified atom stereocenters. The van der Waals surface area contributed by atoms with Gasteiger partial charge in [0.1, 0.15) is 0 Å². The Morgan fingerprint density at radius 3 is 0.488 bits per heavy atom.